The Morgan fingerprint density at radius 3 is 3.17 bits per heavy atom. The fraction of sp³-hybridized carbons (Fsp3) is 0.444. The maximum Gasteiger partial charge on any atom is 0.141 e. The van der Waals surface area contributed by atoms with Crippen LogP contribution in [0, 0.1) is 11.3 Å². The molecule has 1 heterocycles. The first-order valence-electron chi connectivity index (χ1n) is 3.86. The topological polar surface area (TPSA) is 46.2 Å². The number of ether oxygens (including phenoxy) is 1. The van der Waals surface area contributed by atoms with Crippen LogP contribution in [0.2, 0.25) is 0 Å². The van der Waals surface area contributed by atoms with Gasteiger partial charge in [-0.25, -0.2) is 0 Å². The van der Waals surface area contributed by atoms with Crippen molar-refractivity contribution in [1.29, 1.82) is 5.26 Å². The van der Waals surface area contributed by atoms with Crippen molar-refractivity contribution in [3.05, 3.63) is 24.2 Å². The molecule has 0 saturated heterocycles. The van der Waals surface area contributed by atoms with Gasteiger partial charge < -0.3 is 9.15 Å². The van der Waals surface area contributed by atoms with Gasteiger partial charge in [0, 0.05) is 6.42 Å². The maximum absolute atomic E-state index is 8.39. The van der Waals surface area contributed by atoms with Crippen molar-refractivity contribution in [2.45, 2.75) is 19.4 Å². The second kappa shape index (κ2) is 4.58. The Labute approximate surface area is 71.6 Å². The number of furan rings is 1. The Balaban J connectivity index is 2.16. The summed E-state index contributed by atoms with van der Waals surface area (Å²) in [6.45, 7) is 2.25. The predicted octanol–water partition coefficient (Wildman–Crippen LogP) is 1.75. The number of rotatable bonds is 4. The molecule has 0 radical (unpaired) electrons. The molecule has 64 valence electrons. The third kappa shape index (κ3) is 2.77. The summed E-state index contributed by atoms with van der Waals surface area (Å²) in [6.07, 6.45) is 2.02. The van der Waals surface area contributed by atoms with E-state index in [-0.39, 0.29) is 6.10 Å². The molecule has 0 fully saturated rings. The van der Waals surface area contributed by atoms with Gasteiger partial charge in [-0.2, -0.15) is 5.26 Å². The van der Waals surface area contributed by atoms with Gasteiger partial charge in [0.1, 0.15) is 11.9 Å². The lowest BCUT2D eigenvalue weighted by Gasteiger charge is -2.02. The van der Waals surface area contributed by atoms with Gasteiger partial charge in [-0.3, -0.25) is 0 Å². The van der Waals surface area contributed by atoms with E-state index in [1.807, 2.05) is 18.2 Å². The Hall–Kier alpha value is -1.27. The Morgan fingerprint density at radius 2 is 2.58 bits per heavy atom. The highest BCUT2D eigenvalue weighted by Crippen LogP contribution is 2.01. The van der Waals surface area contributed by atoms with Gasteiger partial charge in [0.05, 0.1) is 18.9 Å². The fourth-order valence-corrected chi connectivity index (χ4v) is 0.828. The van der Waals surface area contributed by atoms with Gasteiger partial charge in [-0.1, -0.05) is 0 Å². The van der Waals surface area contributed by atoms with E-state index in [9.17, 15) is 0 Å². The van der Waals surface area contributed by atoms with E-state index >= 15 is 0 Å². The lowest BCUT2D eigenvalue weighted by Crippen LogP contribution is -2.07. The van der Waals surface area contributed by atoms with Gasteiger partial charge >= 0.3 is 0 Å². The minimum Gasteiger partial charge on any atom is -0.469 e. The lowest BCUT2D eigenvalue weighted by molar-refractivity contribution is 0.102. The maximum atomic E-state index is 8.39. The van der Waals surface area contributed by atoms with Crippen molar-refractivity contribution in [3.63, 3.8) is 0 Å². The van der Waals surface area contributed by atoms with E-state index in [1.54, 1.807) is 13.2 Å². The zero-order valence-electron chi connectivity index (χ0n) is 6.99. The molecule has 3 nitrogen and oxygen atoms in total. The van der Waals surface area contributed by atoms with Gasteiger partial charge in [-0.15, -0.1) is 0 Å². The summed E-state index contributed by atoms with van der Waals surface area (Å²) < 4.78 is 10.2. The van der Waals surface area contributed by atoms with Gasteiger partial charge in [0.25, 0.3) is 0 Å². The number of hydrogen-bond acceptors (Lipinski definition) is 3. The van der Waals surface area contributed by atoms with Gasteiger partial charge in [-0.05, 0) is 19.1 Å². The van der Waals surface area contributed by atoms with E-state index in [1.165, 1.54) is 0 Å². The van der Waals surface area contributed by atoms with Crippen LogP contribution >= 0.6 is 0 Å². The second-order valence-corrected chi connectivity index (χ2v) is 2.47. The van der Waals surface area contributed by atoms with Crippen molar-refractivity contribution in [3.8, 4) is 6.07 Å². The van der Waals surface area contributed by atoms with Crippen molar-refractivity contribution in [1.82, 2.24) is 0 Å². The minimum atomic E-state index is -0.333. The molecule has 0 aromatic carbocycles. The molecule has 1 rings (SSSR count). The standard InChI is InChI=1S/C9H11NO2/c1-8(7-10)11-6-4-9-3-2-5-12-9/h2-3,5,8H,4,6H2,1H3. The molecule has 0 aliphatic rings. The zero-order valence-corrected chi connectivity index (χ0v) is 6.99. The van der Waals surface area contributed by atoms with Gasteiger partial charge in [0.2, 0.25) is 0 Å². The monoisotopic (exact) mass is 165 g/mol. The normalized spacial score (nSPS) is 12.3. The van der Waals surface area contributed by atoms with Crippen LogP contribution in [0.5, 0.6) is 0 Å². The third-order valence-electron chi connectivity index (χ3n) is 1.48. The van der Waals surface area contributed by atoms with E-state index in [0.29, 0.717) is 6.61 Å². The van der Waals surface area contributed by atoms with E-state index < -0.39 is 0 Å². The lowest BCUT2D eigenvalue weighted by atomic mass is 10.3. The summed E-state index contributed by atoms with van der Waals surface area (Å²) in [5.74, 6) is 0.889. The van der Waals surface area contributed by atoms with Crippen LogP contribution in [0.15, 0.2) is 22.8 Å². The molecule has 0 amide bonds. The van der Waals surface area contributed by atoms with Crippen molar-refractivity contribution in [2.24, 2.45) is 0 Å². The second-order valence-electron chi connectivity index (χ2n) is 2.47. The molecular formula is C9H11NO2. The van der Waals surface area contributed by atoms with Crippen LogP contribution in [-0.2, 0) is 11.2 Å². The molecule has 0 aliphatic heterocycles. The molecule has 1 unspecified atom stereocenters. The number of nitriles is 1. The highest BCUT2D eigenvalue weighted by Gasteiger charge is 1.99. The zero-order chi connectivity index (χ0) is 8.81. The molecule has 1 aromatic heterocycles. The van der Waals surface area contributed by atoms with Crippen LogP contribution < -0.4 is 0 Å². The van der Waals surface area contributed by atoms with Gasteiger partial charge in [0.15, 0.2) is 0 Å². The smallest absolute Gasteiger partial charge is 0.141 e. The SMILES string of the molecule is CC(C#N)OCCc1ccco1. The first kappa shape index (κ1) is 8.82. The molecule has 0 spiro atoms. The molecular weight excluding hydrogens is 154 g/mol. The van der Waals surface area contributed by atoms with Crippen LogP contribution in [0.1, 0.15) is 12.7 Å². The first-order chi connectivity index (χ1) is 5.83. The molecule has 0 bridgehead atoms. The molecule has 1 aromatic rings. The summed E-state index contributed by atoms with van der Waals surface area (Å²) in [7, 11) is 0. The number of hydrogen-bond donors (Lipinski definition) is 0. The molecule has 12 heavy (non-hydrogen) atoms. The van der Waals surface area contributed by atoms with Crippen LogP contribution in [0.3, 0.4) is 0 Å². The highest BCUT2D eigenvalue weighted by molar-refractivity contribution is 4.98. The van der Waals surface area contributed by atoms with E-state index in [4.69, 9.17) is 14.4 Å². The predicted molar refractivity (Wildman–Crippen MR) is 43.4 cm³/mol. The average molecular weight is 165 g/mol. The molecule has 1 atom stereocenters. The average Bonchev–Trinajstić information content (AvgIpc) is 2.57. The van der Waals surface area contributed by atoms with E-state index in [0.717, 1.165) is 12.2 Å². The Morgan fingerprint density at radius 1 is 1.75 bits per heavy atom. The summed E-state index contributed by atoms with van der Waals surface area (Å²) in [5.41, 5.74) is 0. The van der Waals surface area contributed by atoms with E-state index in [2.05, 4.69) is 0 Å². The van der Waals surface area contributed by atoms with Crippen LogP contribution in [-0.4, -0.2) is 12.7 Å². The highest BCUT2D eigenvalue weighted by atomic mass is 16.5. The minimum absolute atomic E-state index is 0.333. The summed E-state index contributed by atoms with van der Waals surface area (Å²) in [6, 6.07) is 5.72. The van der Waals surface area contributed by atoms with Crippen molar-refractivity contribution >= 4 is 0 Å². The van der Waals surface area contributed by atoms with Crippen LogP contribution in [0.25, 0.3) is 0 Å². The third-order valence-corrected chi connectivity index (χ3v) is 1.48. The Kier molecular flexibility index (Phi) is 3.36. The molecule has 3 heteroatoms. The fourth-order valence-electron chi connectivity index (χ4n) is 0.828. The summed E-state index contributed by atoms with van der Waals surface area (Å²) >= 11 is 0. The molecule has 0 aliphatic carbocycles. The summed E-state index contributed by atoms with van der Waals surface area (Å²) in [4.78, 5) is 0. The van der Waals surface area contributed by atoms with Crippen molar-refractivity contribution in [2.75, 3.05) is 6.61 Å². The van der Waals surface area contributed by atoms with Crippen LogP contribution in [0.4, 0.5) is 0 Å². The molecule has 0 N–H and O–H groups in total. The van der Waals surface area contributed by atoms with Crippen molar-refractivity contribution < 1.29 is 9.15 Å². The quantitative estimate of drug-likeness (QED) is 0.682. The number of nitrogens with zero attached hydrogens (tertiary/aromatic N) is 1. The largest absolute Gasteiger partial charge is 0.469 e. The Bertz CT molecular complexity index is 248. The molecule has 0 saturated carbocycles. The first-order valence-corrected chi connectivity index (χ1v) is 3.86. The summed E-state index contributed by atoms with van der Waals surface area (Å²) in [5, 5.41) is 8.39.